The Balaban J connectivity index is 1.94. The van der Waals surface area contributed by atoms with Gasteiger partial charge in [-0.1, -0.05) is 18.6 Å². The zero-order valence-corrected chi connectivity index (χ0v) is 19.1. The third-order valence-corrected chi connectivity index (χ3v) is 6.11. The summed E-state index contributed by atoms with van der Waals surface area (Å²) in [5.74, 6) is -1.10. The highest BCUT2D eigenvalue weighted by atomic mass is 16.5. The first kappa shape index (κ1) is 21.7. The summed E-state index contributed by atoms with van der Waals surface area (Å²) in [6, 6.07) is 8.50. The molecule has 4 rings (SSSR count). The summed E-state index contributed by atoms with van der Waals surface area (Å²) in [6.45, 7) is 8.30. The molecule has 2 aliphatic rings. The van der Waals surface area contributed by atoms with E-state index < -0.39 is 11.9 Å². The minimum absolute atomic E-state index is 0.153. The van der Waals surface area contributed by atoms with Crippen molar-refractivity contribution in [3.8, 4) is 0 Å². The average Bonchev–Trinajstić information content (AvgIpc) is 3.02. The van der Waals surface area contributed by atoms with Gasteiger partial charge in [-0.25, -0.2) is 14.6 Å². The number of carbonyl (C=O) groups is 3. The number of amides is 1. The third-order valence-electron chi connectivity index (χ3n) is 6.11. The number of hydrogen-bond donors (Lipinski definition) is 0. The zero-order valence-electron chi connectivity index (χ0n) is 19.1. The van der Waals surface area contributed by atoms with Crippen LogP contribution in [-0.2, 0) is 14.3 Å². The van der Waals surface area contributed by atoms with Gasteiger partial charge >= 0.3 is 11.9 Å². The van der Waals surface area contributed by atoms with Crippen LogP contribution in [0, 0.1) is 6.92 Å². The fourth-order valence-electron chi connectivity index (χ4n) is 4.85. The number of ether oxygens (including phenoxy) is 2. The van der Waals surface area contributed by atoms with E-state index >= 15 is 0 Å². The van der Waals surface area contributed by atoms with Crippen LogP contribution in [0.25, 0.3) is 0 Å². The number of anilines is 1. The van der Waals surface area contributed by atoms with E-state index in [-0.39, 0.29) is 22.6 Å². The number of nitrogens with zero attached hydrogens (tertiary/aromatic N) is 2. The van der Waals surface area contributed by atoms with Gasteiger partial charge in [-0.3, -0.25) is 4.79 Å². The molecule has 7 nitrogen and oxygen atoms in total. The second kappa shape index (κ2) is 7.58. The molecule has 1 atom stereocenters. The van der Waals surface area contributed by atoms with E-state index in [2.05, 4.69) is 31.8 Å². The molecule has 0 aliphatic carbocycles. The van der Waals surface area contributed by atoms with Crippen molar-refractivity contribution in [1.82, 2.24) is 0 Å². The van der Waals surface area contributed by atoms with Gasteiger partial charge in [0.1, 0.15) is 5.71 Å². The Labute approximate surface area is 187 Å². The van der Waals surface area contributed by atoms with Crippen molar-refractivity contribution >= 4 is 34.9 Å². The maximum atomic E-state index is 13.6. The van der Waals surface area contributed by atoms with Crippen LogP contribution >= 0.6 is 0 Å². The van der Waals surface area contributed by atoms with Crippen molar-refractivity contribution in [2.75, 3.05) is 19.1 Å². The van der Waals surface area contributed by atoms with E-state index in [1.807, 2.05) is 17.9 Å². The predicted octanol–water partition coefficient (Wildman–Crippen LogP) is 4.32. The molecule has 0 saturated carbocycles. The summed E-state index contributed by atoms with van der Waals surface area (Å²) < 4.78 is 9.61. The van der Waals surface area contributed by atoms with Crippen molar-refractivity contribution in [2.45, 2.75) is 45.6 Å². The Bertz CT molecular complexity index is 1160. The third kappa shape index (κ3) is 3.38. The molecule has 32 heavy (non-hydrogen) atoms. The molecule has 0 saturated heterocycles. The molecule has 0 radical (unpaired) electrons. The Morgan fingerprint density at radius 3 is 2.19 bits per heavy atom. The van der Waals surface area contributed by atoms with Gasteiger partial charge in [-0.05, 0) is 62.9 Å². The van der Waals surface area contributed by atoms with Gasteiger partial charge in [0, 0.05) is 11.1 Å². The molecular formula is C25H26N2O5. The smallest absolute Gasteiger partial charge is 0.337 e. The minimum atomic E-state index is -0.608. The average molecular weight is 434 g/mol. The highest BCUT2D eigenvalue weighted by Gasteiger charge is 2.48. The van der Waals surface area contributed by atoms with Gasteiger partial charge < -0.3 is 14.4 Å². The minimum Gasteiger partial charge on any atom is -0.465 e. The van der Waals surface area contributed by atoms with E-state index in [0.29, 0.717) is 17.3 Å². The van der Waals surface area contributed by atoms with E-state index in [1.165, 1.54) is 32.4 Å². The number of rotatable bonds is 3. The van der Waals surface area contributed by atoms with Crippen LogP contribution in [0.15, 0.2) is 35.3 Å². The predicted molar refractivity (Wildman–Crippen MR) is 121 cm³/mol. The second-order valence-electron chi connectivity index (χ2n) is 9.02. The highest BCUT2D eigenvalue weighted by molar-refractivity contribution is 6.55. The van der Waals surface area contributed by atoms with Crippen molar-refractivity contribution in [3.05, 3.63) is 58.1 Å². The number of benzene rings is 2. The van der Waals surface area contributed by atoms with Gasteiger partial charge in [-0.15, -0.1) is 0 Å². The van der Waals surface area contributed by atoms with Gasteiger partial charge in [-0.2, -0.15) is 0 Å². The molecular weight excluding hydrogens is 408 g/mol. The lowest BCUT2D eigenvalue weighted by Gasteiger charge is -2.43. The maximum absolute atomic E-state index is 13.6. The first-order valence-corrected chi connectivity index (χ1v) is 10.5. The van der Waals surface area contributed by atoms with Crippen LogP contribution < -0.4 is 4.90 Å². The SMILES string of the molecule is COC(=O)c1cc(N=C2C(=O)N3c4c2cc(C)cc4C(C)CC3(C)C)cc(C(=O)OC)c1. The van der Waals surface area contributed by atoms with Crippen LogP contribution in [-0.4, -0.2) is 43.3 Å². The number of aliphatic imine (C=N–C) groups is 1. The number of methoxy groups -OCH3 is 2. The largest absolute Gasteiger partial charge is 0.465 e. The molecule has 0 spiro atoms. The maximum Gasteiger partial charge on any atom is 0.337 e. The summed E-state index contributed by atoms with van der Waals surface area (Å²) in [6.07, 6.45) is 0.840. The lowest BCUT2D eigenvalue weighted by molar-refractivity contribution is -0.113. The standard InChI is InChI=1S/C25H26N2O5/c1-13-7-18-14(2)12-25(3,4)27-21(18)19(8-13)20(22(27)28)26-17-10-15(23(29)31-5)9-16(11-17)24(30)32-6/h7-11,14H,12H2,1-6H3. The molecule has 0 N–H and O–H groups in total. The topological polar surface area (TPSA) is 85.3 Å². The normalized spacial score (nSPS) is 19.7. The van der Waals surface area contributed by atoms with Gasteiger partial charge in [0.2, 0.25) is 0 Å². The molecule has 166 valence electrons. The molecule has 0 aromatic heterocycles. The number of hydrogen-bond acceptors (Lipinski definition) is 6. The first-order valence-electron chi connectivity index (χ1n) is 10.5. The van der Waals surface area contributed by atoms with E-state index in [1.54, 1.807) is 0 Å². The van der Waals surface area contributed by atoms with Crippen LogP contribution in [0.4, 0.5) is 11.4 Å². The van der Waals surface area contributed by atoms with Gasteiger partial charge in [0.25, 0.3) is 5.91 Å². The molecule has 7 heteroatoms. The molecule has 0 bridgehead atoms. The van der Waals surface area contributed by atoms with Crippen LogP contribution in [0.3, 0.4) is 0 Å². The Morgan fingerprint density at radius 1 is 1.03 bits per heavy atom. The molecule has 0 fully saturated rings. The van der Waals surface area contributed by atoms with Crippen LogP contribution in [0.2, 0.25) is 0 Å². The molecule has 2 heterocycles. The molecule has 2 aliphatic heterocycles. The summed E-state index contributed by atoms with van der Waals surface area (Å²) in [7, 11) is 2.52. The summed E-state index contributed by atoms with van der Waals surface area (Å²) >= 11 is 0. The quantitative estimate of drug-likeness (QED) is 0.672. The highest BCUT2D eigenvalue weighted by Crippen LogP contribution is 2.49. The second-order valence-corrected chi connectivity index (χ2v) is 9.02. The number of esters is 2. The molecule has 1 amide bonds. The lowest BCUT2D eigenvalue weighted by Crippen LogP contribution is -2.50. The fourth-order valence-corrected chi connectivity index (χ4v) is 4.85. The lowest BCUT2D eigenvalue weighted by atomic mass is 9.80. The van der Waals surface area contributed by atoms with Crippen LogP contribution in [0.5, 0.6) is 0 Å². The van der Waals surface area contributed by atoms with Gasteiger partial charge in [0.15, 0.2) is 0 Å². The van der Waals surface area contributed by atoms with Crippen LogP contribution in [0.1, 0.15) is 70.5 Å². The fraction of sp³-hybridized carbons (Fsp3) is 0.360. The summed E-state index contributed by atoms with van der Waals surface area (Å²) in [4.78, 5) is 44.4. The van der Waals surface area contributed by atoms with Crippen molar-refractivity contribution < 1.29 is 23.9 Å². The Kier molecular flexibility index (Phi) is 5.15. The van der Waals surface area contributed by atoms with E-state index in [4.69, 9.17) is 9.47 Å². The van der Waals surface area contributed by atoms with E-state index in [9.17, 15) is 14.4 Å². The number of aryl methyl sites for hydroxylation is 1. The molecule has 1 unspecified atom stereocenters. The van der Waals surface area contributed by atoms with Crippen molar-refractivity contribution in [1.29, 1.82) is 0 Å². The van der Waals surface area contributed by atoms with E-state index in [0.717, 1.165) is 28.8 Å². The Hall–Kier alpha value is -3.48. The summed E-state index contributed by atoms with van der Waals surface area (Å²) in [5.41, 5.74) is 4.40. The number of carbonyl (C=O) groups excluding carboxylic acids is 3. The van der Waals surface area contributed by atoms with Crippen molar-refractivity contribution in [2.24, 2.45) is 4.99 Å². The zero-order chi connectivity index (χ0) is 23.4. The van der Waals surface area contributed by atoms with Crippen molar-refractivity contribution in [3.63, 3.8) is 0 Å². The molecule has 2 aromatic carbocycles. The monoisotopic (exact) mass is 434 g/mol. The van der Waals surface area contributed by atoms with Gasteiger partial charge in [0.05, 0.1) is 36.7 Å². The summed E-state index contributed by atoms with van der Waals surface area (Å²) in [5, 5.41) is 0. The molecule has 2 aromatic rings. The first-order chi connectivity index (χ1) is 15.1. The Morgan fingerprint density at radius 2 is 1.62 bits per heavy atom.